The first-order valence-electron chi connectivity index (χ1n) is 9.23. The summed E-state index contributed by atoms with van der Waals surface area (Å²) in [5.41, 5.74) is 3.14. The summed E-state index contributed by atoms with van der Waals surface area (Å²) < 4.78 is 12.9. The SMILES string of the molecule is CCOc1ccc(C(=O)NCc2cccnc2-c2cnn(C)c2)cc1OCC. The molecule has 1 amide bonds. The zero-order valence-electron chi connectivity index (χ0n) is 16.3. The van der Waals surface area contributed by atoms with Gasteiger partial charge in [-0.3, -0.25) is 14.5 Å². The maximum atomic E-state index is 12.7. The van der Waals surface area contributed by atoms with Crippen molar-refractivity contribution in [3.63, 3.8) is 0 Å². The normalized spacial score (nSPS) is 10.5. The first-order valence-corrected chi connectivity index (χ1v) is 9.23. The van der Waals surface area contributed by atoms with Crippen LogP contribution in [-0.2, 0) is 13.6 Å². The molecule has 146 valence electrons. The van der Waals surface area contributed by atoms with E-state index < -0.39 is 0 Å². The molecule has 0 aliphatic heterocycles. The van der Waals surface area contributed by atoms with E-state index >= 15 is 0 Å². The quantitative estimate of drug-likeness (QED) is 0.649. The number of nitrogens with zero attached hydrogens (tertiary/aromatic N) is 3. The number of benzene rings is 1. The lowest BCUT2D eigenvalue weighted by Crippen LogP contribution is -2.23. The van der Waals surface area contributed by atoms with Gasteiger partial charge in [-0.25, -0.2) is 0 Å². The molecule has 0 fully saturated rings. The Balaban J connectivity index is 1.75. The zero-order valence-corrected chi connectivity index (χ0v) is 16.3. The molecule has 0 unspecified atom stereocenters. The molecular weight excluding hydrogens is 356 g/mol. The van der Waals surface area contributed by atoms with Crippen molar-refractivity contribution in [2.24, 2.45) is 7.05 Å². The van der Waals surface area contributed by atoms with Crippen LogP contribution in [0.4, 0.5) is 0 Å². The maximum absolute atomic E-state index is 12.7. The second-order valence-electron chi connectivity index (χ2n) is 6.12. The van der Waals surface area contributed by atoms with E-state index in [0.717, 1.165) is 16.8 Å². The van der Waals surface area contributed by atoms with Gasteiger partial charge < -0.3 is 14.8 Å². The van der Waals surface area contributed by atoms with E-state index in [2.05, 4.69) is 15.4 Å². The van der Waals surface area contributed by atoms with Gasteiger partial charge in [0.1, 0.15) is 0 Å². The molecule has 0 spiro atoms. The van der Waals surface area contributed by atoms with Gasteiger partial charge in [0.25, 0.3) is 5.91 Å². The van der Waals surface area contributed by atoms with Gasteiger partial charge in [-0.15, -0.1) is 0 Å². The lowest BCUT2D eigenvalue weighted by atomic mass is 10.1. The highest BCUT2D eigenvalue weighted by Crippen LogP contribution is 2.28. The molecule has 0 bridgehead atoms. The third-order valence-corrected chi connectivity index (χ3v) is 4.11. The highest BCUT2D eigenvalue weighted by atomic mass is 16.5. The molecule has 0 aliphatic carbocycles. The Labute approximate surface area is 164 Å². The third kappa shape index (κ3) is 4.49. The highest BCUT2D eigenvalue weighted by Gasteiger charge is 2.13. The summed E-state index contributed by atoms with van der Waals surface area (Å²) in [5.74, 6) is 1.01. The van der Waals surface area contributed by atoms with Gasteiger partial charge in [-0.2, -0.15) is 5.10 Å². The molecule has 1 N–H and O–H groups in total. The number of ether oxygens (including phenoxy) is 2. The Hall–Kier alpha value is -3.35. The molecule has 7 nitrogen and oxygen atoms in total. The van der Waals surface area contributed by atoms with Crippen molar-refractivity contribution in [1.29, 1.82) is 0 Å². The fourth-order valence-corrected chi connectivity index (χ4v) is 2.85. The number of aryl methyl sites for hydroxylation is 1. The van der Waals surface area contributed by atoms with Crippen molar-refractivity contribution in [1.82, 2.24) is 20.1 Å². The summed E-state index contributed by atoms with van der Waals surface area (Å²) in [6.07, 6.45) is 5.39. The summed E-state index contributed by atoms with van der Waals surface area (Å²) in [4.78, 5) is 17.1. The average molecular weight is 380 g/mol. The molecule has 0 radical (unpaired) electrons. The number of hydrogen-bond donors (Lipinski definition) is 1. The highest BCUT2D eigenvalue weighted by molar-refractivity contribution is 5.95. The van der Waals surface area contributed by atoms with E-state index in [9.17, 15) is 4.79 Å². The summed E-state index contributed by atoms with van der Waals surface area (Å²) in [5, 5.41) is 7.14. The molecular formula is C21H24N4O3. The van der Waals surface area contributed by atoms with Gasteiger partial charge in [0.2, 0.25) is 0 Å². The van der Waals surface area contributed by atoms with E-state index in [1.54, 1.807) is 35.3 Å². The van der Waals surface area contributed by atoms with Crippen molar-refractivity contribution in [3.8, 4) is 22.8 Å². The van der Waals surface area contributed by atoms with Crippen LogP contribution in [0.3, 0.4) is 0 Å². The molecule has 1 aromatic carbocycles. The number of carbonyl (C=O) groups excluding carboxylic acids is 1. The first-order chi connectivity index (χ1) is 13.6. The van der Waals surface area contributed by atoms with Crippen LogP contribution in [0, 0.1) is 0 Å². The van der Waals surface area contributed by atoms with E-state index in [0.29, 0.717) is 36.8 Å². The van der Waals surface area contributed by atoms with Crippen LogP contribution in [0.2, 0.25) is 0 Å². The first kappa shape index (κ1) is 19.4. The number of rotatable bonds is 8. The second kappa shape index (κ2) is 9.03. The van der Waals surface area contributed by atoms with E-state index in [1.165, 1.54) is 0 Å². The van der Waals surface area contributed by atoms with Gasteiger partial charge in [0, 0.05) is 37.1 Å². The summed E-state index contributed by atoms with van der Waals surface area (Å²) in [6, 6.07) is 8.99. The van der Waals surface area contributed by atoms with Crippen molar-refractivity contribution in [2.45, 2.75) is 20.4 Å². The summed E-state index contributed by atoms with van der Waals surface area (Å²) in [6.45, 7) is 5.18. The molecule has 0 atom stereocenters. The largest absolute Gasteiger partial charge is 0.490 e. The molecule has 0 saturated heterocycles. The summed E-state index contributed by atoms with van der Waals surface area (Å²) in [7, 11) is 1.86. The Kier molecular flexibility index (Phi) is 6.26. The smallest absolute Gasteiger partial charge is 0.251 e. The van der Waals surface area contributed by atoms with Crippen LogP contribution in [0.15, 0.2) is 48.9 Å². The number of hydrogen-bond acceptors (Lipinski definition) is 5. The summed E-state index contributed by atoms with van der Waals surface area (Å²) >= 11 is 0. The number of aromatic nitrogens is 3. The van der Waals surface area contributed by atoms with Crippen LogP contribution in [-0.4, -0.2) is 33.9 Å². The van der Waals surface area contributed by atoms with E-state index in [4.69, 9.17) is 9.47 Å². The van der Waals surface area contributed by atoms with Crippen molar-refractivity contribution >= 4 is 5.91 Å². The Morgan fingerprint density at radius 2 is 1.93 bits per heavy atom. The molecule has 2 heterocycles. The van der Waals surface area contributed by atoms with Crippen LogP contribution in [0.1, 0.15) is 29.8 Å². The van der Waals surface area contributed by atoms with Gasteiger partial charge in [0.15, 0.2) is 11.5 Å². The lowest BCUT2D eigenvalue weighted by molar-refractivity contribution is 0.0950. The zero-order chi connectivity index (χ0) is 19.9. The van der Waals surface area contributed by atoms with Crippen molar-refractivity contribution in [3.05, 3.63) is 60.0 Å². The van der Waals surface area contributed by atoms with Gasteiger partial charge in [-0.1, -0.05) is 6.07 Å². The van der Waals surface area contributed by atoms with Crippen molar-refractivity contribution < 1.29 is 14.3 Å². The number of pyridine rings is 1. The Morgan fingerprint density at radius 3 is 2.64 bits per heavy atom. The van der Waals surface area contributed by atoms with Gasteiger partial charge in [-0.05, 0) is 43.7 Å². The monoisotopic (exact) mass is 380 g/mol. The second-order valence-corrected chi connectivity index (χ2v) is 6.12. The number of nitrogens with one attached hydrogen (secondary N) is 1. The van der Waals surface area contributed by atoms with Crippen LogP contribution >= 0.6 is 0 Å². The molecule has 3 aromatic rings. The van der Waals surface area contributed by atoms with Crippen LogP contribution in [0.25, 0.3) is 11.3 Å². The molecule has 0 aliphatic rings. The minimum atomic E-state index is -0.190. The lowest BCUT2D eigenvalue weighted by Gasteiger charge is -2.13. The number of carbonyl (C=O) groups is 1. The molecule has 2 aromatic heterocycles. The third-order valence-electron chi connectivity index (χ3n) is 4.11. The van der Waals surface area contributed by atoms with E-state index in [-0.39, 0.29) is 5.91 Å². The average Bonchev–Trinajstić information content (AvgIpc) is 3.14. The molecule has 3 rings (SSSR count). The maximum Gasteiger partial charge on any atom is 0.251 e. The topological polar surface area (TPSA) is 78.3 Å². The van der Waals surface area contributed by atoms with Crippen LogP contribution in [0.5, 0.6) is 11.5 Å². The van der Waals surface area contributed by atoms with Gasteiger partial charge >= 0.3 is 0 Å². The van der Waals surface area contributed by atoms with Gasteiger partial charge in [0.05, 0.1) is 25.1 Å². The number of amides is 1. The van der Waals surface area contributed by atoms with Crippen LogP contribution < -0.4 is 14.8 Å². The Bertz CT molecular complexity index is 952. The fourth-order valence-electron chi connectivity index (χ4n) is 2.85. The predicted octanol–water partition coefficient (Wildman–Crippen LogP) is 3.21. The van der Waals surface area contributed by atoms with E-state index in [1.807, 2.05) is 39.2 Å². The Morgan fingerprint density at radius 1 is 1.14 bits per heavy atom. The minimum Gasteiger partial charge on any atom is -0.490 e. The molecule has 28 heavy (non-hydrogen) atoms. The minimum absolute atomic E-state index is 0.190. The fraction of sp³-hybridized carbons (Fsp3) is 0.286. The van der Waals surface area contributed by atoms with Crippen molar-refractivity contribution in [2.75, 3.05) is 13.2 Å². The predicted molar refractivity (Wildman–Crippen MR) is 106 cm³/mol. The standard InChI is InChI=1S/C21H24N4O3/c1-4-27-18-9-8-15(11-19(18)28-5-2)21(26)23-12-16-7-6-10-22-20(16)17-13-24-25(3)14-17/h6-11,13-14H,4-5,12H2,1-3H3,(H,23,26). The molecule has 7 heteroatoms. The molecule has 0 saturated carbocycles.